The fraction of sp³-hybridized carbons (Fsp3) is 0.0667. The van der Waals surface area contributed by atoms with Crippen LogP contribution < -0.4 is 10.6 Å². The lowest BCUT2D eigenvalue weighted by molar-refractivity contribution is -0.114. The number of primary amides is 1. The van der Waals surface area contributed by atoms with Crippen LogP contribution >= 0.6 is 11.8 Å². The molecule has 0 aliphatic carbocycles. The van der Waals surface area contributed by atoms with E-state index in [1.54, 1.807) is 30.0 Å². The number of allylic oxidation sites excluding steroid dienone is 4. The first kappa shape index (κ1) is 14.0. The van der Waals surface area contributed by atoms with E-state index >= 15 is 0 Å². The van der Waals surface area contributed by atoms with Gasteiger partial charge in [-0.15, -0.1) is 0 Å². The van der Waals surface area contributed by atoms with E-state index in [1.165, 1.54) is 16.7 Å². The molecule has 0 bridgehead atoms. The van der Waals surface area contributed by atoms with Crippen molar-refractivity contribution in [3.8, 4) is 6.07 Å². The number of carbonyl (C=O) groups excluding carboxylic acids is 1. The Labute approximate surface area is 121 Å². The number of benzene rings is 1. The summed E-state index contributed by atoms with van der Waals surface area (Å²) in [5, 5.41) is 9.76. The zero-order valence-corrected chi connectivity index (χ0v) is 11.7. The van der Waals surface area contributed by atoms with E-state index in [9.17, 15) is 4.79 Å². The maximum Gasteiger partial charge on any atom is 0.259 e. The minimum absolute atomic E-state index is 0.0598. The molecule has 0 fully saturated rings. The standard InChI is InChI=1S/C15H13N3OS/c1-18-12-7-3-4-8-13(12)20-14(18)9-5-2-6-11(10-16)15(17)19/h2-9H,1H3,(H2,17,19). The number of thioether (sulfide) groups is 1. The largest absolute Gasteiger partial charge is 0.365 e. The average Bonchev–Trinajstić information content (AvgIpc) is 2.76. The summed E-state index contributed by atoms with van der Waals surface area (Å²) in [4.78, 5) is 14.2. The van der Waals surface area contributed by atoms with Gasteiger partial charge in [0.1, 0.15) is 11.6 Å². The van der Waals surface area contributed by atoms with Crippen LogP contribution in [-0.4, -0.2) is 13.0 Å². The van der Waals surface area contributed by atoms with Gasteiger partial charge >= 0.3 is 0 Å². The zero-order chi connectivity index (χ0) is 14.5. The summed E-state index contributed by atoms with van der Waals surface area (Å²) >= 11 is 1.67. The number of hydrogen-bond acceptors (Lipinski definition) is 4. The fourth-order valence-corrected chi connectivity index (χ4v) is 2.79. The minimum atomic E-state index is -0.718. The molecule has 0 atom stereocenters. The SMILES string of the molecule is CN1C(=CC=CC=C(C#N)C(N)=O)Sc2ccccc21. The Morgan fingerprint density at radius 3 is 2.80 bits per heavy atom. The number of anilines is 1. The second-order valence-corrected chi connectivity index (χ2v) is 5.14. The van der Waals surface area contributed by atoms with Crippen molar-refractivity contribution in [1.82, 2.24) is 0 Å². The van der Waals surface area contributed by atoms with Gasteiger partial charge in [0.15, 0.2) is 0 Å². The molecule has 100 valence electrons. The van der Waals surface area contributed by atoms with E-state index in [0.29, 0.717) is 0 Å². The predicted molar refractivity (Wildman–Crippen MR) is 80.8 cm³/mol. The second-order valence-electron chi connectivity index (χ2n) is 4.08. The summed E-state index contributed by atoms with van der Waals surface area (Å²) in [5.41, 5.74) is 6.15. The molecule has 1 aliphatic heterocycles. The van der Waals surface area contributed by atoms with Crippen molar-refractivity contribution in [1.29, 1.82) is 5.26 Å². The molecule has 5 heteroatoms. The maximum absolute atomic E-state index is 10.9. The van der Waals surface area contributed by atoms with Crippen molar-refractivity contribution in [3.63, 3.8) is 0 Å². The molecule has 0 unspecified atom stereocenters. The highest BCUT2D eigenvalue weighted by Crippen LogP contribution is 2.44. The highest BCUT2D eigenvalue weighted by Gasteiger charge is 2.20. The number of nitrogens with zero attached hydrogens (tertiary/aromatic N) is 2. The van der Waals surface area contributed by atoms with Crippen LogP contribution in [0.1, 0.15) is 0 Å². The van der Waals surface area contributed by atoms with Gasteiger partial charge in [-0.25, -0.2) is 0 Å². The van der Waals surface area contributed by atoms with Crippen molar-refractivity contribution in [2.45, 2.75) is 4.90 Å². The van der Waals surface area contributed by atoms with Gasteiger partial charge in [0.25, 0.3) is 5.91 Å². The Balaban J connectivity index is 2.12. The van der Waals surface area contributed by atoms with Crippen molar-refractivity contribution in [3.05, 3.63) is 59.2 Å². The number of nitrogens with two attached hydrogens (primary N) is 1. The number of amides is 1. The fourth-order valence-electron chi connectivity index (χ4n) is 1.73. The van der Waals surface area contributed by atoms with Crippen LogP contribution in [0.2, 0.25) is 0 Å². The van der Waals surface area contributed by atoms with Crippen LogP contribution in [0.5, 0.6) is 0 Å². The molecule has 1 heterocycles. The van der Waals surface area contributed by atoms with E-state index in [-0.39, 0.29) is 5.57 Å². The van der Waals surface area contributed by atoms with E-state index in [0.717, 1.165) is 5.03 Å². The lowest BCUT2D eigenvalue weighted by Gasteiger charge is -2.12. The van der Waals surface area contributed by atoms with Crippen LogP contribution in [0.4, 0.5) is 5.69 Å². The molecule has 1 amide bonds. The van der Waals surface area contributed by atoms with Crippen LogP contribution in [-0.2, 0) is 4.79 Å². The van der Waals surface area contributed by atoms with E-state index in [1.807, 2.05) is 25.3 Å². The lowest BCUT2D eigenvalue weighted by atomic mass is 10.2. The topological polar surface area (TPSA) is 70.1 Å². The third-order valence-electron chi connectivity index (χ3n) is 2.77. The average molecular weight is 283 g/mol. The first-order valence-corrected chi connectivity index (χ1v) is 6.74. The number of hydrogen-bond donors (Lipinski definition) is 1. The number of fused-ring (bicyclic) bond motifs is 1. The van der Waals surface area contributed by atoms with E-state index in [4.69, 9.17) is 11.0 Å². The number of para-hydroxylation sites is 1. The number of nitriles is 1. The minimum Gasteiger partial charge on any atom is -0.365 e. The molecule has 2 rings (SSSR count). The molecule has 0 spiro atoms. The molecular weight excluding hydrogens is 270 g/mol. The van der Waals surface area contributed by atoms with E-state index in [2.05, 4.69) is 17.0 Å². The van der Waals surface area contributed by atoms with Crippen LogP contribution in [0.3, 0.4) is 0 Å². The molecule has 0 saturated carbocycles. The summed E-state index contributed by atoms with van der Waals surface area (Å²) in [6.07, 6.45) is 6.75. The van der Waals surface area contributed by atoms with E-state index < -0.39 is 5.91 Å². The first-order valence-electron chi connectivity index (χ1n) is 5.92. The van der Waals surface area contributed by atoms with Gasteiger partial charge in [-0.05, 0) is 24.3 Å². The molecule has 1 aromatic carbocycles. The smallest absolute Gasteiger partial charge is 0.259 e. The third-order valence-corrected chi connectivity index (χ3v) is 3.95. The Kier molecular flexibility index (Phi) is 4.28. The summed E-state index contributed by atoms with van der Waals surface area (Å²) in [6, 6.07) is 9.90. The number of carbonyl (C=O) groups is 1. The Morgan fingerprint density at radius 2 is 2.15 bits per heavy atom. The van der Waals surface area contributed by atoms with Gasteiger partial charge < -0.3 is 10.6 Å². The monoisotopic (exact) mass is 283 g/mol. The Hall–Kier alpha value is -2.45. The molecule has 1 aromatic rings. The van der Waals surface area contributed by atoms with Gasteiger partial charge in [0, 0.05) is 11.9 Å². The third kappa shape index (κ3) is 2.92. The number of rotatable bonds is 3. The molecule has 4 nitrogen and oxygen atoms in total. The Bertz CT molecular complexity index is 668. The molecule has 20 heavy (non-hydrogen) atoms. The molecule has 0 aromatic heterocycles. The van der Waals surface area contributed by atoms with Crippen LogP contribution in [0.25, 0.3) is 0 Å². The lowest BCUT2D eigenvalue weighted by Crippen LogP contribution is -2.12. The van der Waals surface area contributed by atoms with Crippen molar-refractivity contribution >= 4 is 23.4 Å². The first-order chi connectivity index (χ1) is 9.63. The maximum atomic E-state index is 10.9. The molecule has 0 saturated heterocycles. The predicted octanol–water partition coefficient (Wildman–Crippen LogP) is 2.56. The quantitative estimate of drug-likeness (QED) is 0.526. The van der Waals surface area contributed by atoms with Gasteiger partial charge in [-0.1, -0.05) is 36.0 Å². The molecule has 1 aliphatic rings. The second kappa shape index (κ2) is 6.13. The van der Waals surface area contributed by atoms with Gasteiger partial charge in [0.05, 0.1) is 10.7 Å². The zero-order valence-electron chi connectivity index (χ0n) is 10.9. The summed E-state index contributed by atoms with van der Waals surface area (Å²) < 4.78 is 0. The summed E-state index contributed by atoms with van der Waals surface area (Å²) in [5.74, 6) is -0.718. The van der Waals surface area contributed by atoms with Crippen LogP contribution in [0, 0.1) is 11.3 Å². The highest BCUT2D eigenvalue weighted by molar-refractivity contribution is 8.03. The summed E-state index contributed by atoms with van der Waals surface area (Å²) in [6.45, 7) is 0. The summed E-state index contributed by atoms with van der Waals surface area (Å²) in [7, 11) is 2.00. The normalized spacial score (nSPS) is 16.5. The Morgan fingerprint density at radius 1 is 1.40 bits per heavy atom. The molecule has 0 radical (unpaired) electrons. The van der Waals surface area contributed by atoms with Crippen molar-refractivity contribution < 1.29 is 4.79 Å². The molecular formula is C15H13N3OS. The van der Waals surface area contributed by atoms with Gasteiger partial charge in [-0.3, -0.25) is 4.79 Å². The van der Waals surface area contributed by atoms with Gasteiger partial charge in [0.2, 0.25) is 0 Å². The van der Waals surface area contributed by atoms with Crippen molar-refractivity contribution in [2.24, 2.45) is 5.73 Å². The van der Waals surface area contributed by atoms with Crippen LogP contribution in [0.15, 0.2) is 64.1 Å². The van der Waals surface area contributed by atoms with Gasteiger partial charge in [-0.2, -0.15) is 5.26 Å². The highest BCUT2D eigenvalue weighted by atomic mass is 32.2. The molecule has 2 N–H and O–H groups in total. The van der Waals surface area contributed by atoms with Crippen molar-refractivity contribution in [2.75, 3.05) is 11.9 Å².